The summed E-state index contributed by atoms with van der Waals surface area (Å²) >= 11 is 0. The molecule has 0 radical (unpaired) electrons. The lowest BCUT2D eigenvalue weighted by atomic mass is 9.82. The van der Waals surface area contributed by atoms with E-state index < -0.39 is 87.7 Å². The number of aryl methyl sites for hydroxylation is 1. The van der Waals surface area contributed by atoms with E-state index in [1.165, 1.54) is 44.2 Å². The van der Waals surface area contributed by atoms with E-state index in [1.54, 1.807) is 58.1 Å². The average molecular weight is 688 g/mol. The van der Waals surface area contributed by atoms with Crippen molar-refractivity contribution in [2.24, 2.45) is 17.8 Å². The monoisotopic (exact) mass is 687 g/mol. The van der Waals surface area contributed by atoms with Crippen molar-refractivity contribution in [3.63, 3.8) is 0 Å². The molecule has 0 saturated carbocycles. The molecule has 3 aliphatic rings. The first-order valence-corrected chi connectivity index (χ1v) is 16.3. The number of carbonyl (C=O) groups is 5. The highest BCUT2D eigenvalue weighted by molar-refractivity contribution is 6.53. The van der Waals surface area contributed by atoms with Gasteiger partial charge in [-0.25, -0.2) is 0 Å². The molecule has 1 aliphatic carbocycles. The molecule has 2 heterocycles. The molecule has 6 atom stereocenters. The zero-order chi connectivity index (χ0) is 37.4. The molecule has 4 bridgehead atoms. The number of carbonyl (C=O) groups excluding carboxylic acids is 5. The quantitative estimate of drug-likeness (QED) is 0.167. The minimum Gasteiger partial charge on any atom is -0.507 e. The molecule has 1 amide bonds. The van der Waals surface area contributed by atoms with Gasteiger partial charge < -0.3 is 30.8 Å². The minimum atomic E-state index is -1.29. The van der Waals surface area contributed by atoms with Crippen LogP contribution in [0.3, 0.4) is 0 Å². The normalized spacial score (nSPS) is 31.3. The standard InChI is InChI=1S/C39H45NO10/c1-20-11-9-7-8-10-12-30(44)40-33-37(48)27-18-25(6)36(47)32(31(27)38(49)39(33)50)35(46)24(5)17-23(4)34(45)22(3)14-16-26(41)15-13-21(2)29(43)19-28(20)42/h7-14,16-18,20,22-23,26,28,34,41-42,45,47-48H,15,19H2,1-6H3,(H,40,44)/b8-7+,11-9+,12-10+,16-14-,21-13-,24-17+/t20-,22+,23-,26+,28-,34-/m0/s1. The summed E-state index contributed by atoms with van der Waals surface area (Å²) in [7, 11) is 0. The van der Waals surface area contributed by atoms with Gasteiger partial charge in [0.2, 0.25) is 11.7 Å². The van der Waals surface area contributed by atoms with Crippen LogP contribution in [0.15, 0.2) is 83.7 Å². The Morgan fingerprint density at radius 2 is 1.38 bits per heavy atom. The summed E-state index contributed by atoms with van der Waals surface area (Å²) in [6.07, 6.45) is 11.9. The van der Waals surface area contributed by atoms with Gasteiger partial charge in [0.05, 0.1) is 29.4 Å². The minimum absolute atomic E-state index is 0.0421. The number of phenols is 1. The van der Waals surface area contributed by atoms with Crippen LogP contribution < -0.4 is 5.32 Å². The predicted octanol–water partition coefficient (Wildman–Crippen LogP) is 4.46. The Bertz CT molecular complexity index is 1770. The van der Waals surface area contributed by atoms with Crippen LogP contribution in [0.1, 0.15) is 79.3 Å². The second-order valence-corrected chi connectivity index (χ2v) is 12.9. The molecule has 50 heavy (non-hydrogen) atoms. The highest BCUT2D eigenvalue weighted by Crippen LogP contribution is 2.37. The third-order valence-electron chi connectivity index (χ3n) is 8.81. The average Bonchev–Trinajstić information content (AvgIpc) is 3.07. The molecule has 11 heteroatoms. The SMILES string of the molecule is C/C1=C/C[C@@H](O)/C=C\[C@@H](C)[C@H](O)[C@@H](C)/C=C(\C)C(=O)c2c(O)c(C)cc3c2C(=O)C(=O)C(=C3O)NC(=O)/C=C/C=C/C=C/[C@H](C)[C@@H](O)CC1=O. The lowest BCUT2D eigenvalue weighted by Crippen LogP contribution is -2.35. The van der Waals surface area contributed by atoms with E-state index in [2.05, 4.69) is 5.32 Å². The number of nitrogens with one attached hydrogen (secondary N) is 1. The van der Waals surface area contributed by atoms with Gasteiger partial charge in [0.25, 0.3) is 5.78 Å². The molecule has 2 aliphatic heterocycles. The molecule has 0 aromatic heterocycles. The maximum absolute atomic E-state index is 13.7. The second-order valence-electron chi connectivity index (χ2n) is 12.9. The molecule has 266 valence electrons. The zero-order valence-corrected chi connectivity index (χ0v) is 29.0. The zero-order valence-electron chi connectivity index (χ0n) is 29.0. The van der Waals surface area contributed by atoms with Gasteiger partial charge in [-0.05, 0) is 50.0 Å². The number of Topliss-reactive ketones (excluding diaryl/α,β-unsaturated/α-hetero) is 4. The van der Waals surface area contributed by atoms with Crippen molar-refractivity contribution in [3.8, 4) is 5.75 Å². The van der Waals surface area contributed by atoms with Crippen LogP contribution in [0.5, 0.6) is 5.75 Å². The number of aliphatic hydroxyl groups excluding tert-OH is 4. The molecule has 6 N–H and O–H groups in total. The van der Waals surface area contributed by atoms with Gasteiger partial charge in [0, 0.05) is 35.8 Å². The number of ketones is 4. The third-order valence-corrected chi connectivity index (χ3v) is 8.81. The number of hydrogen-bond donors (Lipinski definition) is 6. The highest BCUT2D eigenvalue weighted by atomic mass is 16.3. The molecule has 11 nitrogen and oxygen atoms in total. The Hall–Kier alpha value is -4.97. The Labute approximate surface area is 291 Å². The van der Waals surface area contributed by atoms with Gasteiger partial charge in [-0.15, -0.1) is 0 Å². The lowest BCUT2D eigenvalue weighted by molar-refractivity contribution is -0.118. The van der Waals surface area contributed by atoms with Crippen molar-refractivity contribution < 1.29 is 49.5 Å². The lowest BCUT2D eigenvalue weighted by Gasteiger charge is -2.23. The maximum Gasteiger partial charge on any atom is 0.253 e. The predicted molar refractivity (Wildman–Crippen MR) is 188 cm³/mol. The number of rotatable bonds is 0. The fourth-order valence-corrected chi connectivity index (χ4v) is 5.53. The number of aliphatic hydroxyl groups is 4. The maximum atomic E-state index is 13.7. The highest BCUT2D eigenvalue weighted by Gasteiger charge is 2.39. The van der Waals surface area contributed by atoms with Crippen molar-refractivity contribution in [1.29, 1.82) is 0 Å². The van der Waals surface area contributed by atoms with Crippen molar-refractivity contribution in [2.75, 3.05) is 0 Å². The molecule has 1 aromatic rings. The fourth-order valence-electron chi connectivity index (χ4n) is 5.53. The van der Waals surface area contributed by atoms with Gasteiger partial charge in [0.1, 0.15) is 11.4 Å². The summed E-state index contributed by atoms with van der Waals surface area (Å²) in [4.78, 5) is 65.5. The Morgan fingerprint density at radius 3 is 2.06 bits per heavy atom. The third kappa shape index (κ3) is 9.38. The molecular formula is C39H45NO10. The Morgan fingerprint density at radius 1 is 0.720 bits per heavy atom. The van der Waals surface area contributed by atoms with Gasteiger partial charge in [-0.3, -0.25) is 24.0 Å². The van der Waals surface area contributed by atoms with E-state index >= 15 is 0 Å². The summed E-state index contributed by atoms with van der Waals surface area (Å²) in [6.45, 7) is 9.57. The van der Waals surface area contributed by atoms with Crippen LogP contribution in [0, 0.1) is 24.7 Å². The van der Waals surface area contributed by atoms with Crippen LogP contribution in [-0.4, -0.2) is 72.9 Å². The van der Waals surface area contributed by atoms with Gasteiger partial charge >= 0.3 is 0 Å². The largest absolute Gasteiger partial charge is 0.507 e. The van der Waals surface area contributed by atoms with Crippen LogP contribution in [0.25, 0.3) is 5.76 Å². The number of fused-ring (bicyclic) bond motifs is 18. The molecule has 0 fully saturated rings. The first-order chi connectivity index (χ1) is 23.5. The van der Waals surface area contributed by atoms with E-state index in [4.69, 9.17) is 0 Å². The molecule has 0 unspecified atom stereocenters. The van der Waals surface area contributed by atoms with Crippen LogP contribution in [-0.2, 0) is 14.4 Å². The number of amides is 1. The molecule has 0 spiro atoms. The molecular weight excluding hydrogens is 642 g/mol. The fraction of sp³-hybridized carbons (Fsp3) is 0.359. The van der Waals surface area contributed by atoms with Crippen molar-refractivity contribution in [1.82, 2.24) is 5.32 Å². The topological polar surface area (TPSA) is 199 Å². The number of phenolic OH excluding ortho intramolecular Hbond substituents is 1. The Kier molecular flexibility index (Phi) is 13.5. The van der Waals surface area contributed by atoms with Gasteiger partial charge in [-0.2, -0.15) is 0 Å². The van der Waals surface area contributed by atoms with E-state index in [0.717, 1.165) is 6.08 Å². The van der Waals surface area contributed by atoms with Crippen LogP contribution in [0.4, 0.5) is 0 Å². The van der Waals surface area contributed by atoms with Gasteiger partial charge in [0.15, 0.2) is 17.3 Å². The molecule has 1 aromatic carbocycles. The number of benzene rings is 1. The number of allylic oxidation sites excluding steroid dienone is 7. The summed E-state index contributed by atoms with van der Waals surface area (Å²) in [6, 6.07) is 1.23. The number of aromatic hydroxyl groups is 1. The summed E-state index contributed by atoms with van der Waals surface area (Å²) in [5, 5.41) is 56.2. The molecule has 0 saturated heterocycles. The second kappa shape index (κ2) is 17.1. The smallest absolute Gasteiger partial charge is 0.253 e. The summed E-state index contributed by atoms with van der Waals surface area (Å²) < 4.78 is 0. The Balaban J connectivity index is 2.07. The molecule has 4 rings (SSSR count). The van der Waals surface area contributed by atoms with E-state index in [-0.39, 0.29) is 35.3 Å². The van der Waals surface area contributed by atoms with Crippen molar-refractivity contribution in [3.05, 3.63) is 106 Å². The van der Waals surface area contributed by atoms with E-state index in [9.17, 15) is 49.5 Å². The van der Waals surface area contributed by atoms with Crippen LogP contribution >= 0.6 is 0 Å². The number of hydrogen-bond acceptors (Lipinski definition) is 10. The first-order valence-electron chi connectivity index (χ1n) is 16.3. The first kappa shape index (κ1) is 39.5. The van der Waals surface area contributed by atoms with Gasteiger partial charge in [-0.1, -0.05) is 75.5 Å². The van der Waals surface area contributed by atoms with Crippen molar-refractivity contribution >= 4 is 34.8 Å². The van der Waals surface area contributed by atoms with Crippen molar-refractivity contribution in [2.45, 2.75) is 72.7 Å². The van der Waals surface area contributed by atoms with E-state index in [1.807, 2.05) is 0 Å². The summed E-state index contributed by atoms with van der Waals surface area (Å²) in [5.74, 6) is -7.27. The van der Waals surface area contributed by atoms with E-state index in [0.29, 0.717) is 5.57 Å². The van der Waals surface area contributed by atoms with Crippen LogP contribution in [0.2, 0.25) is 0 Å². The summed E-state index contributed by atoms with van der Waals surface area (Å²) in [5.41, 5.74) is -1.36.